The molecule has 78 valence electrons. The molecule has 0 aliphatic heterocycles. The molecule has 0 radical (unpaired) electrons. The molecule has 0 aromatic heterocycles. The van der Waals surface area contributed by atoms with E-state index in [1.54, 1.807) is 0 Å². The lowest BCUT2D eigenvalue weighted by Gasteiger charge is -2.20. The van der Waals surface area contributed by atoms with Crippen LogP contribution in [0, 0.1) is 0 Å². The highest BCUT2D eigenvalue weighted by Crippen LogP contribution is 2.22. The molecule has 0 aromatic rings. The molecule has 13 heavy (non-hydrogen) atoms. The third kappa shape index (κ3) is 3.28. The highest BCUT2D eigenvalue weighted by atomic mass is 16.5. The van der Waals surface area contributed by atoms with Crippen LogP contribution in [-0.2, 0) is 4.74 Å². The molecule has 2 heteroatoms. The Morgan fingerprint density at radius 3 is 2.46 bits per heavy atom. The van der Waals surface area contributed by atoms with Gasteiger partial charge in [-0.05, 0) is 32.1 Å². The van der Waals surface area contributed by atoms with Crippen LogP contribution < -0.4 is 5.32 Å². The molecular weight excluding hydrogens is 162 g/mol. The van der Waals surface area contributed by atoms with Crippen LogP contribution in [0.1, 0.15) is 46.0 Å². The van der Waals surface area contributed by atoms with Gasteiger partial charge >= 0.3 is 0 Å². The summed E-state index contributed by atoms with van der Waals surface area (Å²) in [7, 11) is 1.82. The van der Waals surface area contributed by atoms with E-state index in [1.807, 2.05) is 7.11 Å². The smallest absolute Gasteiger partial charge is 0.0586 e. The first-order chi connectivity index (χ1) is 6.30. The van der Waals surface area contributed by atoms with Gasteiger partial charge in [-0.2, -0.15) is 0 Å². The van der Waals surface area contributed by atoms with Crippen LogP contribution in [0.4, 0.5) is 0 Å². The minimum atomic E-state index is 0.506. The van der Waals surface area contributed by atoms with E-state index in [-0.39, 0.29) is 0 Å². The predicted molar refractivity (Wildman–Crippen MR) is 55.9 cm³/mol. The van der Waals surface area contributed by atoms with E-state index in [0.29, 0.717) is 18.2 Å². The Hall–Kier alpha value is -0.0800. The Kier molecular flexibility index (Phi) is 4.74. The second-order valence-corrected chi connectivity index (χ2v) is 4.05. The zero-order valence-corrected chi connectivity index (χ0v) is 9.18. The van der Waals surface area contributed by atoms with Crippen molar-refractivity contribution in [1.82, 2.24) is 5.32 Å². The molecular formula is C11H23NO. The van der Waals surface area contributed by atoms with E-state index in [0.717, 1.165) is 0 Å². The predicted octanol–water partition coefficient (Wildman–Crippen LogP) is 2.33. The monoisotopic (exact) mass is 185 g/mol. The van der Waals surface area contributed by atoms with Gasteiger partial charge in [-0.25, -0.2) is 0 Å². The largest absolute Gasteiger partial charge is 0.381 e. The first kappa shape index (κ1) is 11.0. The number of methoxy groups -OCH3 is 1. The maximum Gasteiger partial charge on any atom is 0.0586 e. The number of rotatable bonds is 5. The lowest BCUT2D eigenvalue weighted by Crippen LogP contribution is -2.36. The molecule has 2 unspecified atom stereocenters. The van der Waals surface area contributed by atoms with Crippen molar-refractivity contribution >= 4 is 0 Å². The maximum atomic E-state index is 5.35. The number of hydrogen-bond acceptors (Lipinski definition) is 2. The Balaban J connectivity index is 2.22. The molecule has 2 nitrogen and oxygen atoms in total. The van der Waals surface area contributed by atoms with Crippen molar-refractivity contribution in [2.24, 2.45) is 0 Å². The fourth-order valence-corrected chi connectivity index (χ4v) is 2.16. The lowest BCUT2D eigenvalue weighted by molar-refractivity contribution is 0.106. The molecule has 0 spiro atoms. The molecule has 1 N–H and O–H groups in total. The van der Waals surface area contributed by atoms with Gasteiger partial charge in [0.05, 0.1) is 6.10 Å². The molecule has 1 saturated carbocycles. The summed E-state index contributed by atoms with van der Waals surface area (Å²) < 4.78 is 5.35. The van der Waals surface area contributed by atoms with Crippen LogP contribution in [0.3, 0.4) is 0 Å². The summed E-state index contributed by atoms with van der Waals surface area (Å²) in [6.07, 6.45) is 6.71. The zero-order valence-electron chi connectivity index (χ0n) is 9.18. The lowest BCUT2D eigenvalue weighted by atomic mass is 10.1. The molecule has 1 rings (SSSR count). The van der Waals surface area contributed by atoms with Crippen LogP contribution in [0.2, 0.25) is 0 Å². The van der Waals surface area contributed by atoms with Crippen LogP contribution in [-0.4, -0.2) is 25.3 Å². The summed E-state index contributed by atoms with van der Waals surface area (Å²) in [5, 5.41) is 3.70. The highest BCUT2D eigenvalue weighted by molar-refractivity contribution is 4.83. The van der Waals surface area contributed by atoms with Crippen molar-refractivity contribution in [2.75, 3.05) is 7.11 Å². The first-order valence-corrected chi connectivity index (χ1v) is 5.59. The minimum Gasteiger partial charge on any atom is -0.381 e. The summed E-state index contributed by atoms with van der Waals surface area (Å²) in [5.41, 5.74) is 0. The van der Waals surface area contributed by atoms with Gasteiger partial charge < -0.3 is 10.1 Å². The summed E-state index contributed by atoms with van der Waals surface area (Å²) in [5.74, 6) is 0. The SMILES string of the molecule is CCC(CC)NC1CCC(OC)C1. The molecule has 1 aliphatic carbocycles. The topological polar surface area (TPSA) is 21.3 Å². The molecule has 2 atom stereocenters. The van der Waals surface area contributed by atoms with Gasteiger partial charge in [0.2, 0.25) is 0 Å². The van der Waals surface area contributed by atoms with Crippen molar-refractivity contribution in [3.05, 3.63) is 0 Å². The molecule has 0 aromatic carbocycles. The Morgan fingerprint density at radius 1 is 1.31 bits per heavy atom. The Morgan fingerprint density at radius 2 is 2.00 bits per heavy atom. The van der Waals surface area contributed by atoms with Gasteiger partial charge in [0.1, 0.15) is 0 Å². The van der Waals surface area contributed by atoms with Crippen molar-refractivity contribution in [3.63, 3.8) is 0 Å². The quantitative estimate of drug-likeness (QED) is 0.710. The number of ether oxygens (including phenoxy) is 1. The van der Waals surface area contributed by atoms with Crippen molar-refractivity contribution in [2.45, 2.75) is 64.1 Å². The second kappa shape index (κ2) is 5.61. The molecule has 0 amide bonds. The van der Waals surface area contributed by atoms with Gasteiger partial charge in [-0.3, -0.25) is 0 Å². The van der Waals surface area contributed by atoms with E-state index in [4.69, 9.17) is 4.74 Å². The third-order valence-electron chi connectivity index (χ3n) is 3.17. The minimum absolute atomic E-state index is 0.506. The Labute approximate surface area is 82.0 Å². The second-order valence-electron chi connectivity index (χ2n) is 4.05. The van der Waals surface area contributed by atoms with E-state index in [2.05, 4.69) is 19.2 Å². The number of hydrogen-bond donors (Lipinski definition) is 1. The van der Waals surface area contributed by atoms with Crippen LogP contribution in [0.5, 0.6) is 0 Å². The van der Waals surface area contributed by atoms with Gasteiger partial charge in [0.25, 0.3) is 0 Å². The summed E-state index contributed by atoms with van der Waals surface area (Å²) in [6.45, 7) is 4.51. The summed E-state index contributed by atoms with van der Waals surface area (Å²) in [4.78, 5) is 0. The van der Waals surface area contributed by atoms with Crippen molar-refractivity contribution in [1.29, 1.82) is 0 Å². The van der Waals surface area contributed by atoms with Crippen molar-refractivity contribution in [3.8, 4) is 0 Å². The normalized spacial score (nSPS) is 28.6. The van der Waals surface area contributed by atoms with Crippen LogP contribution >= 0.6 is 0 Å². The van der Waals surface area contributed by atoms with Crippen LogP contribution in [0.15, 0.2) is 0 Å². The van der Waals surface area contributed by atoms with E-state index in [1.165, 1.54) is 32.1 Å². The van der Waals surface area contributed by atoms with Crippen molar-refractivity contribution < 1.29 is 4.74 Å². The maximum absolute atomic E-state index is 5.35. The van der Waals surface area contributed by atoms with Gasteiger partial charge in [-0.1, -0.05) is 13.8 Å². The third-order valence-corrected chi connectivity index (χ3v) is 3.17. The average Bonchev–Trinajstić information content (AvgIpc) is 2.61. The van der Waals surface area contributed by atoms with Gasteiger partial charge in [0, 0.05) is 19.2 Å². The van der Waals surface area contributed by atoms with Crippen LogP contribution in [0.25, 0.3) is 0 Å². The summed E-state index contributed by atoms with van der Waals surface area (Å²) >= 11 is 0. The zero-order chi connectivity index (χ0) is 9.68. The molecule has 1 fully saturated rings. The van der Waals surface area contributed by atoms with Gasteiger partial charge in [0.15, 0.2) is 0 Å². The first-order valence-electron chi connectivity index (χ1n) is 5.59. The van der Waals surface area contributed by atoms with Gasteiger partial charge in [-0.15, -0.1) is 0 Å². The Bertz CT molecular complexity index is 134. The average molecular weight is 185 g/mol. The van der Waals surface area contributed by atoms with E-state index in [9.17, 15) is 0 Å². The van der Waals surface area contributed by atoms with E-state index >= 15 is 0 Å². The fraction of sp³-hybridized carbons (Fsp3) is 1.00. The highest BCUT2D eigenvalue weighted by Gasteiger charge is 2.25. The fourth-order valence-electron chi connectivity index (χ4n) is 2.16. The molecule has 0 bridgehead atoms. The van der Waals surface area contributed by atoms with E-state index < -0.39 is 0 Å². The molecule has 1 aliphatic rings. The standard InChI is InChI=1S/C11H23NO/c1-4-9(5-2)12-10-6-7-11(8-10)13-3/h9-12H,4-8H2,1-3H3. The molecule has 0 saturated heterocycles. The number of nitrogens with one attached hydrogen (secondary N) is 1. The molecule has 0 heterocycles. The summed E-state index contributed by atoms with van der Waals surface area (Å²) in [6, 6.07) is 1.41.